The Balaban J connectivity index is 2.26. The number of nitrogens with zero attached hydrogens (tertiary/aromatic N) is 1. The van der Waals surface area contributed by atoms with E-state index in [0.29, 0.717) is 0 Å². The van der Waals surface area contributed by atoms with Crippen LogP contribution in [0.3, 0.4) is 0 Å². The molecule has 10 heteroatoms. The maximum Gasteiger partial charge on any atom is 0.358 e. The van der Waals surface area contributed by atoms with E-state index in [4.69, 9.17) is 5.11 Å². The van der Waals surface area contributed by atoms with Gasteiger partial charge in [0.2, 0.25) is 29.1 Å². The fourth-order valence-electron chi connectivity index (χ4n) is 1.34. The number of halogens is 5. The molecule has 0 fully saturated rings. The highest BCUT2D eigenvalue weighted by molar-refractivity contribution is 5.85. The third-order valence-corrected chi connectivity index (χ3v) is 2.31. The van der Waals surface area contributed by atoms with Crippen LogP contribution in [0.15, 0.2) is 10.6 Å². The van der Waals surface area contributed by atoms with E-state index in [9.17, 15) is 26.7 Å². The summed E-state index contributed by atoms with van der Waals surface area (Å²) < 4.78 is 73.9. The molecule has 0 radical (unpaired) electrons. The lowest BCUT2D eigenvalue weighted by molar-refractivity contribution is 0.0685. The number of carbonyl (C=O) groups is 1. The molecule has 0 spiro atoms. The van der Waals surface area contributed by atoms with Crippen LogP contribution < -0.4 is 4.74 Å². The molecular weight excluding hydrogens is 305 g/mol. The second-order valence-electron chi connectivity index (χ2n) is 3.67. The van der Waals surface area contributed by atoms with Gasteiger partial charge in [0.05, 0.1) is 0 Å². The van der Waals surface area contributed by atoms with Crippen LogP contribution in [0, 0.1) is 29.1 Å². The Bertz CT molecular complexity index is 686. The Morgan fingerprint density at radius 1 is 1.10 bits per heavy atom. The molecule has 2 aromatic rings. The lowest BCUT2D eigenvalue weighted by atomic mass is 10.2. The van der Waals surface area contributed by atoms with Crippen molar-refractivity contribution in [1.29, 1.82) is 0 Å². The number of aromatic carboxylic acids is 1. The summed E-state index contributed by atoms with van der Waals surface area (Å²) in [6.07, 6.45) is 0. The Hall–Kier alpha value is -2.65. The summed E-state index contributed by atoms with van der Waals surface area (Å²) in [7, 11) is 0. The minimum atomic E-state index is -2.31. The van der Waals surface area contributed by atoms with Gasteiger partial charge in [-0.15, -0.1) is 0 Å². The van der Waals surface area contributed by atoms with Crippen molar-refractivity contribution in [1.82, 2.24) is 5.16 Å². The summed E-state index contributed by atoms with van der Waals surface area (Å²) in [5.41, 5.74) is -0.508. The molecule has 0 saturated heterocycles. The standard InChI is InChI=1S/C11H4F5NO4/c12-5-6(13)8(15)10(9(16)7(5)14)20-2-3-1-4(11(18)19)17-21-3/h1H,2H2,(H,18,19). The van der Waals surface area contributed by atoms with Crippen LogP contribution >= 0.6 is 0 Å². The normalized spacial score (nSPS) is 10.7. The Morgan fingerprint density at radius 3 is 2.10 bits per heavy atom. The first-order chi connectivity index (χ1) is 9.82. The van der Waals surface area contributed by atoms with Gasteiger partial charge in [0, 0.05) is 6.07 Å². The zero-order valence-electron chi connectivity index (χ0n) is 9.79. The zero-order valence-corrected chi connectivity index (χ0v) is 9.79. The molecule has 0 unspecified atom stereocenters. The molecule has 0 amide bonds. The van der Waals surface area contributed by atoms with Crippen LogP contribution in [0.2, 0.25) is 0 Å². The number of carboxylic acids is 1. The molecule has 0 aliphatic rings. The molecule has 0 aliphatic heterocycles. The maximum absolute atomic E-state index is 13.3. The lowest BCUT2D eigenvalue weighted by Gasteiger charge is -2.08. The molecule has 0 atom stereocenters. The van der Waals surface area contributed by atoms with Crippen molar-refractivity contribution < 1.29 is 41.1 Å². The van der Waals surface area contributed by atoms with E-state index in [-0.39, 0.29) is 5.76 Å². The van der Waals surface area contributed by atoms with Crippen molar-refractivity contribution in [2.45, 2.75) is 6.61 Å². The predicted octanol–water partition coefficient (Wildman–Crippen LogP) is 2.65. The van der Waals surface area contributed by atoms with Crippen molar-refractivity contribution in [3.05, 3.63) is 46.6 Å². The zero-order chi connectivity index (χ0) is 15.7. The molecule has 112 valence electrons. The predicted molar refractivity (Wildman–Crippen MR) is 54.0 cm³/mol. The lowest BCUT2D eigenvalue weighted by Crippen LogP contribution is -2.06. The van der Waals surface area contributed by atoms with E-state index in [1.807, 2.05) is 0 Å². The fraction of sp³-hybridized carbons (Fsp3) is 0.0909. The molecule has 1 aromatic heterocycles. The van der Waals surface area contributed by atoms with Crippen molar-refractivity contribution in [2.75, 3.05) is 0 Å². The number of benzene rings is 1. The van der Waals surface area contributed by atoms with Gasteiger partial charge in [0.15, 0.2) is 17.2 Å². The second-order valence-corrected chi connectivity index (χ2v) is 3.67. The number of hydrogen-bond acceptors (Lipinski definition) is 4. The van der Waals surface area contributed by atoms with Crippen molar-refractivity contribution in [2.24, 2.45) is 0 Å². The van der Waals surface area contributed by atoms with E-state index in [1.165, 1.54) is 0 Å². The van der Waals surface area contributed by atoms with Crippen LogP contribution in [0.1, 0.15) is 16.2 Å². The number of aromatic nitrogens is 1. The van der Waals surface area contributed by atoms with Crippen molar-refractivity contribution >= 4 is 5.97 Å². The van der Waals surface area contributed by atoms with E-state index >= 15 is 0 Å². The van der Waals surface area contributed by atoms with Gasteiger partial charge in [-0.2, -0.15) is 8.78 Å². The van der Waals surface area contributed by atoms with Crippen LogP contribution in [0.4, 0.5) is 22.0 Å². The average Bonchev–Trinajstić information content (AvgIpc) is 2.92. The van der Waals surface area contributed by atoms with E-state index in [0.717, 1.165) is 6.07 Å². The van der Waals surface area contributed by atoms with Crippen LogP contribution in [0.25, 0.3) is 0 Å². The quantitative estimate of drug-likeness (QED) is 0.534. The van der Waals surface area contributed by atoms with Gasteiger partial charge in [0.1, 0.15) is 6.61 Å². The van der Waals surface area contributed by atoms with Gasteiger partial charge in [-0.25, -0.2) is 18.0 Å². The van der Waals surface area contributed by atoms with Gasteiger partial charge >= 0.3 is 5.97 Å². The first kappa shape index (κ1) is 14.8. The molecule has 21 heavy (non-hydrogen) atoms. The van der Waals surface area contributed by atoms with E-state index in [1.54, 1.807) is 0 Å². The molecular formula is C11H4F5NO4. The van der Waals surface area contributed by atoms with E-state index in [2.05, 4.69) is 14.4 Å². The summed E-state index contributed by atoms with van der Waals surface area (Å²) >= 11 is 0. The highest BCUT2D eigenvalue weighted by Gasteiger charge is 2.27. The number of ether oxygens (including phenoxy) is 1. The monoisotopic (exact) mass is 309 g/mol. The molecule has 0 saturated carbocycles. The first-order valence-corrected chi connectivity index (χ1v) is 5.16. The first-order valence-electron chi connectivity index (χ1n) is 5.16. The molecule has 2 rings (SSSR count). The van der Waals surface area contributed by atoms with E-state index < -0.39 is 53.1 Å². The van der Waals surface area contributed by atoms with Gasteiger partial charge in [-0.1, -0.05) is 5.16 Å². The summed E-state index contributed by atoms with van der Waals surface area (Å²) in [6.45, 7) is -0.779. The number of rotatable bonds is 4. The van der Waals surface area contributed by atoms with Gasteiger partial charge in [0.25, 0.3) is 0 Å². The molecule has 1 heterocycles. The maximum atomic E-state index is 13.3. The average molecular weight is 309 g/mol. The summed E-state index contributed by atoms with van der Waals surface area (Å²) in [4.78, 5) is 10.5. The molecule has 0 aliphatic carbocycles. The van der Waals surface area contributed by atoms with Gasteiger partial charge in [-0.3, -0.25) is 0 Å². The highest BCUT2D eigenvalue weighted by Crippen LogP contribution is 2.29. The Morgan fingerprint density at radius 2 is 1.62 bits per heavy atom. The smallest absolute Gasteiger partial charge is 0.358 e. The highest BCUT2D eigenvalue weighted by atomic mass is 19.2. The van der Waals surface area contributed by atoms with Crippen LogP contribution in [0.5, 0.6) is 5.75 Å². The Kier molecular flexibility index (Phi) is 3.78. The third kappa shape index (κ3) is 2.64. The summed E-state index contributed by atoms with van der Waals surface area (Å²) in [5.74, 6) is -14.1. The van der Waals surface area contributed by atoms with Gasteiger partial charge < -0.3 is 14.4 Å². The van der Waals surface area contributed by atoms with Gasteiger partial charge in [-0.05, 0) is 0 Å². The molecule has 1 aromatic carbocycles. The second kappa shape index (κ2) is 5.38. The number of hydrogen-bond donors (Lipinski definition) is 1. The Labute approximate surface area is 112 Å². The van der Waals surface area contributed by atoms with Crippen LogP contribution in [-0.2, 0) is 6.61 Å². The largest absolute Gasteiger partial charge is 0.479 e. The fourth-order valence-corrected chi connectivity index (χ4v) is 1.34. The molecule has 5 nitrogen and oxygen atoms in total. The number of carboxylic acid groups (broad SMARTS) is 1. The van der Waals surface area contributed by atoms with Crippen molar-refractivity contribution in [3.8, 4) is 5.75 Å². The third-order valence-electron chi connectivity index (χ3n) is 2.31. The molecule has 0 bridgehead atoms. The topological polar surface area (TPSA) is 72.6 Å². The van der Waals surface area contributed by atoms with Crippen molar-refractivity contribution in [3.63, 3.8) is 0 Å². The SMILES string of the molecule is O=C(O)c1cc(COc2c(F)c(F)c(F)c(F)c2F)on1. The minimum absolute atomic E-state index is 0.281. The summed E-state index contributed by atoms with van der Waals surface area (Å²) in [5, 5.41) is 11.6. The van der Waals surface area contributed by atoms with Crippen LogP contribution in [-0.4, -0.2) is 16.2 Å². The summed E-state index contributed by atoms with van der Waals surface area (Å²) in [6, 6.07) is 0.869. The minimum Gasteiger partial charge on any atom is -0.479 e. The molecule has 1 N–H and O–H groups in total.